The Labute approximate surface area is 232 Å². The number of aromatic nitrogens is 2. The number of anilines is 2. The molecule has 0 atom stereocenters. The molecule has 1 aromatic heterocycles. The number of nitrogens with one attached hydrogen (secondary N) is 3. The van der Waals surface area contributed by atoms with Crippen LogP contribution in [0.25, 0.3) is 10.9 Å². The highest BCUT2D eigenvalue weighted by Crippen LogP contribution is 2.33. The molecule has 1 saturated carbocycles. The first-order chi connectivity index (χ1) is 18.5. The van der Waals surface area contributed by atoms with E-state index in [0.717, 1.165) is 48.7 Å². The lowest BCUT2D eigenvalue weighted by Crippen LogP contribution is -2.33. The summed E-state index contributed by atoms with van der Waals surface area (Å²) >= 11 is 3.04. The van der Waals surface area contributed by atoms with Crippen molar-refractivity contribution in [3.63, 3.8) is 0 Å². The third-order valence-electron chi connectivity index (χ3n) is 6.51. The molecule has 9 nitrogen and oxygen atoms in total. The lowest BCUT2D eigenvalue weighted by molar-refractivity contribution is -0.275. The van der Waals surface area contributed by atoms with Crippen molar-refractivity contribution in [1.29, 1.82) is 0 Å². The third-order valence-corrected chi connectivity index (χ3v) is 8.46. The number of benzene rings is 2. The molecular weight excluding hydrogens is 603 g/mol. The van der Waals surface area contributed by atoms with E-state index < -0.39 is 27.0 Å². The summed E-state index contributed by atoms with van der Waals surface area (Å²) in [7, 11) is -4.21. The van der Waals surface area contributed by atoms with Crippen molar-refractivity contribution in [1.82, 2.24) is 14.7 Å². The predicted octanol–water partition coefficient (Wildman–Crippen LogP) is 4.89. The topological polar surface area (TPSA) is 125 Å². The fourth-order valence-corrected chi connectivity index (χ4v) is 6.12. The Morgan fingerprint density at radius 2 is 1.69 bits per heavy atom. The molecule has 212 valence electrons. The molecule has 0 aliphatic heterocycles. The van der Waals surface area contributed by atoms with Crippen LogP contribution < -0.4 is 20.1 Å². The molecule has 39 heavy (non-hydrogen) atoms. The van der Waals surface area contributed by atoms with E-state index >= 15 is 0 Å². The molecule has 0 spiro atoms. The van der Waals surface area contributed by atoms with Gasteiger partial charge in [-0.25, -0.2) is 18.1 Å². The second-order valence-electron chi connectivity index (χ2n) is 9.32. The van der Waals surface area contributed by atoms with Gasteiger partial charge in [-0.3, -0.25) is 0 Å². The molecule has 4 rings (SSSR count). The van der Waals surface area contributed by atoms with Crippen molar-refractivity contribution >= 4 is 48.6 Å². The summed E-state index contributed by atoms with van der Waals surface area (Å²) in [5.41, 5.74) is 0.779. The van der Waals surface area contributed by atoms with Gasteiger partial charge in [0.25, 0.3) is 0 Å². The van der Waals surface area contributed by atoms with Crippen LogP contribution in [0.2, 0.25) is 0 Å². The molecular formula is C25H29BrF3N5O4S. The number of sulfonamides is 1. The van der Waals surface area contributed by atoms with Gasteiger partial charge in [0.15, 0.2) is 5.75 Å². The maximum atomic E-state index is 12.8. The summed E-state index contributed by atoms with van der Waals surface area (Å²) in [5.74, 6) is 0.729. The Balaban J connectivity index is 1.30. The lowest BCUT2D eigenvalue weighted by atomic mass is 9.82. The molecule has 1 aliphatic rings. The zero-order valence-corrected chi connectivity index (χ0v) is 23.2. The van der Waals surface area contributed by atoms with Crippen LogP contribution in [0.3, 0.4) is 0 Å². The van der Waals surface area contributed by atoms with Gasteiger partial charge < -0.3 is 20.5 Å². The SMILES string of the molecule is O=S(=O)(NC[C@H]1CC[C@H](CNc2nc(NCCO)c3ccccc3n2)CC1)c1ccc(Br)cc1OC(F)(F)F. The number of nitrogens with zero attached hydrogens (tertiary/aromatic N) is 2. The Morgan fingerprint density at radius 1 is 1.00 bits per heavy atom. The number of hydrogen-bond acceptors (Lipinski definition) is 8. The van der Waals surface area contributed by atoms with Gasteiger partial charge in [-0.2, -0.15) is 4.98 Å². The highest BCUT2D eigenvalue weighted by atomic mass is 79.9. The number of rotatable bonds is 11. The summed E-state index contributed by atoms with van der Waals surface area (Å²) in [4.78, 5) is 8.57. The number of hydrogen-bond donors (Lipinski definition) is 4. The molecule has 1 fully saturated rings. The monoisotopic (exact) mass is 631 g/mol. The maximum absolute atomic E-state index is 12.8. The fraction of sp³-hybridized carbons (Fsp3) is 0.440. The molecule has 0 unspecified atom stereocenters. The molecule has 14 heteroatoms. The van der Waals surface area contributed by atoms with Crippen molar-refractivity contribution < 1.29 is 31.4 Å². The van der Waals surface area contributed by atoms with E-state index in [0.29, 0.717) is 30.8 Å². The van der Waals surface area contributed by atoms with Crippen LogP contribution in [-0.2, 0) is 10.0 Å². The average Bonchev–Trinajstić information content (AvgIpc) is 2.89. The second-order valence-corrected chi connectivity index (χ2v) is 12.0. The molecule has 0 saturated heterocycles. The summed E-state index contributed by atoms with van der Waals surface area (Å²) in [6.45, 7) is 1.11. The quantitative estimate of drug-likeness (QED) is 0.236. The van der Waals surface area contributed by atoms with Crippen LogP contribution >= 0.6 is 15.9 Å². The van der Waals surface area contributed by atoms with Crippen LogP contribution in [0, 0.1) is 11.8 Å². The van der Waals surface area contributed by atoms with Gasteiger partial charge >= 0.3 is 6.36 Å². The second kappa shape index (κ2) is 12.7. The predicted molar refractivity (Wildman–Crippen MR) is 145 cm³/mol. The van der Waals surface area contributed by atoms with E-state index in [2.05, 4.69) is 46.0 Å². The number of para-hydroxylation sites is 1. The van der Waals surface area contributed by atoms with Gasteiger partial charge in [0, 0.05) is 29.5 Å². The molecule has 1 heterocycles. The highest BCUT2D eigenvalue weighted by molar-refractivity contribution is 9.10. The molecule has 3 aromatic rings. The molecule has 0 bridgehead atoms. The first-order valence-electron chi connectivity index (χ1n) is 12.4. The largest absolute Gasteiger partial charge is 0.573 e. The van der Waals surface area contributed by atoms with Crippen molar-refractivity contribution in [2.24, 2.45) is 11.8 Å². The minimum atomic E-state index is -5.02. The molecule has 1 aliphatic carbocycles. The Morgan fingerprint density at radius 3 is 2.38 bits per heavy atom. The third kappa shape index (κ3) is 8.16. The smallest absolute Gasteiger partial charge is 0.404 e. The van der Waals surface area contributed by atoms with E-state index in [-0.39, 0.29) is 23.5 Å². The minimum Gasteiger partial charge on any atom is -0.404 e. The first-order valence-corrected chi connectivity index (χ1v) is 14.7. The number of halogens is 4. The highest BCUT2D eigenvalue weighted by Gasteiger charge is 2.34. The lowest BCUT2D eigenvalue weighted by Gasteiger charge is -2.28. The Bertz CT molecular complexity index is 1390. The van der Waals surface area contributed by atoms with Crippen LogP contribution in [0.1, 0.15) is 25.7 Å². The van der Waals surface area contributed by atoms with Crippen molar-refractivity contribution in [3.8, 4) is 5.75 Å². The van der Waals surface area contributed by atoms with E-state index in [1.807, 2.05) is 24.3 Å². The zero-order chi connectivity index (χ0) is 28.0. The van der Waals surface area contributed by atoms with Gasteiger partial charge in [-0.05, 0) is 67.9 Å². The maximum Gasteiger partial charge on any atom is 0.573 e. The van der Waals surface area contributed by atoms with Gasteiger partial charge in [-0.1, -0.05) is 28.1 Å². The number of ether oxygens (including phenoxy) is 1. The van der Waals surface area contributed by atoms with Crippen LogP contribution in [0.5, 0.6) is 5.75 Å². The molecule has 0 radical (unpaired) electrons. The first kappa shape index (κ1) is 29.3. The summed E-state index contributed by atoms with van der Waals surface area (Å²) in [5, 5.41) is 16.4. The zero-order valence-electron chi connectivity index (χ0n) is 20.8. The normalized spacial score (nSPS) is 18.2. The number of aliphatic hydroxyl groups excluding tert-OH is 1. The average molecular weight is 633 g/mol. The van der Waals surface area contributed by atoms with E-state index in [1.54, 1.807) is 0 Å². The summed E-state index contributed by atoms with van der Waals surface area (Å²) in [6, 6.07) is 11.0. The summed E-state index contributed by atoms with van der Waals surface area (Å²) < 4.78 is 70.6. The number of fused-ring (bicyclic) bond motifs is 1. The van der Waals surface area contributed by atoms with Crippen molar-refractivity contribution in [2.75, 3.05) is 36.9 Å². The number of aliphatic hydroxyl groups is 1. The Kier molecular flexibility index (Phi) is 9.51. The van der Waals surface area contributed by atoms with E-state index in [9.17, 15) is 21.6 Å². The Hall–Kier alpha value is -2.68. The van der Waals surface area contributed by atoms with E-state index in [4.69, 9.17) is 5.11 Å². The summed E-state index contributed by atoms with van der Waals surface area (Å²) in [6.07, 6.45) is -1.79. The number of alkyl halides is 3. The van der Waals surface area contributed by atoms with E-state index in [1.165, 1.54) is 6.07 Å². The van der Waals surface area contributed by atoms with Gasteiger partial charge in [0.2, 0.25) is 16.0 Å². The van der Waals surface area contributed by atoms with Gasteiger partial charge in [-0.15, -0.1) is 13.2 Å². The van der Waals surface area contributed by atoms with Crippen molar-refractivity contribution in [2.45, 2.75) is 36.9 Å². The molecule has 4 N–H and O–H groups in total. The molecule has 2 aromatic carbocycles. The van der Waals surface area contributed by atoms with Gasteiger partial charge in [0.1, 0.15) is 10.7 Å². The molecule has 0 amide bonds. The van der Waals surface area contributed by atoms with Crippen LogP contribution in [0.15, 0.2) is 51.8 Å². The fourth-order valence-electron chi connectivity index (χ4n) is 4.55. The standard InChI is InChI=1S/C25H29BrF3N5O4S/c26-18-9-10-22(21(13-18)38-25(27,28)29)39(36,37)32-15-17-7-5-16(6-8-17)14-31-24-33-20-4-2-1-3-19(20)23(34-24)30-11-12-35/h1-4,9-10,13,16-17,32,35H,5-8,11-12,14-15H2,(H2,30,31,33,34)/t16-,17-. The van der Waals surface area contributed by atoms with Crippen molar-refractivity contribution in [3.05, 3.63) is 46.9 Å². The van der Waals surface area contributed by atoms with Crippen LogP contribution in [-0.4, -0.2) is 56.1 Å². The minimum absolute atomic E-state index is 0.0217. The van der Waals surface area contributed by atoms with Gasteiger partial charge in [0.05, 0.1) is 12.1 Å². The van der Waals surface area contributed by atoms with Crippen LogP contribution in [0.4, 0.5) is 24.9 Å².